The highest BCUT2D eigenvalue weighted by molar-refractivity contribution is 5.28. The zero-order chi connectivity index (χ0) is 12.8. The quantitative estimate of drug-likeness (QED) is 0.828. The second-order valence-corrected chi connectivity index (χ2v) is 4.63. The number of hydrogen-bond donors (Lipinski definition) is 1. The third-order valence-electron chi connectivity index (χ3n) is 2.22. The molecule has 0 amide bonds. The number of rotatable bonds is 6. The Labute approximate surface area is 103 Å². The molecule has 0 saturated carbocycles. The summed E-state index contributed by atoms with van der Waals surface area (Å²) in [5.41, 5.74) is 0.849. The number of aliphatic hydroxyl groups excluding tert-OH is 1. The van der Waals surface area contributed by atoms with Gasteiger partial charge in [0.25, 0.3) is 0 Å². The molecule has 0 heterocycles. The molecule has 0 radical (unpaired) electrons. The Hall–Kier alpha value is -1.06. The second kappa shape index (κ2) is 6.62. The van der Waals surface area contributed by atoms with Crippen molar-refractivity contribution in [3.63, 3.8) is 0 Å². The van der Waals surface area contributed by atoms with Crippen LogP contribution in [0.25, 0.3) is 0 Å². The number of hydrogen-bond acceptors (Lipinski definition) is 3. The Morgan fingerprint density at radius 2 is 1.59 bits per heavy atom. The Morgan fingerprint density at radius 3 is 2.06 bits per heavy atom. The van der Waals surface area contributed by atoms with Gasteiger partial charge >= 0.3 is 0 Å². The maximum absolute atomic E-state index is 9.88. The molecule has 1 unspecified atom stereocenters. The lowest BCUT2D eigenvalue weighted by atomic mass is 10.1. The van der Waals surface area contributed by atoms with E-state index < -0.39 is 6.10 Å². The van der Waals surface area contributed by atoms with E-state index in [1.54, 1.807) is 0 Å². The van der Waals surface area contributed by atoms with Crippen molar-refractivity contribution < 1.29 is 14.6 Å². The molecular weight excluding hydrogens is 216 g/mol. The minimum atomic E-state index is -0.578. The molecule has 1 aromatic carbocycles. The van der Waals surface area contributed by atoms with E-state index in [1.807, 2.05) is 52.0 Å². The first-order chi connectivity index (χ1) is 7.99. The zero-order valence-electron chi connectivity index (χ0n) is 11.0. The molecule has 0 fully saturated rings. The molecule has 1 N–H and O–H groups in total. The van der Waals surface area contributed by atoms with Crippen LogP contribution >= 0.6 is 0 Å². The third kappa shape index (κ3) is 5.20. The van der Waals surface area contributed by atoms with E-state index in [4.69, 9.17) is 9.47 Å². The van der Waals surface area contributed by atoms with Crippen LogP contribution in [-0.4, -0.2) is 23.9 Å². The molecule has 0 spiro atoms. The molecule has 0 aromatic heterocycles. The smallest absolute Gasteiger partial charge is 0.119 e. The lowest BCUT2D eigenvalue weighted by Crippen LogP contribution is -2.12. The maximum Gasteiger partial charge on any atom is 0.119 e. The van der Waals surface area contributed by atoms with Gasteiger partial charge in [0, 0.05) is 0 Å². The van der Waals surface area contributed by atoms with Gasteiger partial charge in [0.05, 0.1) is 18.8 Å². The number of aliphatic hydroxyl groups is 1. The Balaban J connectivity index is 2.54. The van der Waals surface area contributed by atoms with Crippen LogP contribution in [0.3, 0.4) is 0 Å². The summed E-state index contributed by atoms with van der Waals surface area (Å²) >= 11 is 0. The van der Waals surface area contributed by atoms with Crippen molar-refractivity contribution in [3.8, 4) is 5.75 Å². The Kier molecular flexibility index (Phi) is 5.45. The fourth-order valence-electron chi connectivity index (χ4n) is 1.42. The van der Waals surface area contributed by atoms with Crippen LogP contribution in [-0.2, 0) is 4.74 Å². The van der Waals surface area contributed by atoms with Gasteiger partial charge in [-0.15, -0.1) is 0 Å². The van der Waals surface area contributed by atoms with E-state index in [-0.39, 0.29) is 12.2 Å². The summed E-state index contributed by atoms with van der Waals surface area (Å²) in [6.07, 6.45) is -0.284. The highest BCUT2D eigenvalue weighted by Crippen LogP contribution is 2.19. The van der Waals surface area contributed by atoms with Crippen LogP contribution in [0, 0.1) is 0 Å². The minimum Gasteiger partial charge on any atom is -0.491 e. The van der Waals surface area contributed by atoms with Gasteiger partial charge in [-0.2, -0.15) is 0 Å². The third-order valence-corrected chi connectivity index (χ3v) is 2.22. The molecule has 96 valence electrons. The molecule has 1 aromatic rings. The van der Waals surface area contributed by atoms with Crippen molar-refractivity contribution in [2.24, 2.45) is 0 Å². The van der Waals surface area contributed by atoms with Crippen LogP contribution < -0.4 is 4.74 Å². The standard InChI is InChI=1S/C14H22O3/c1-10(2)16-9-14(15)12-5-7-13(8-6-12)17-11(3)4/h5-8,10-11,14-15H,9H2,1-4H3. The van der Waals surface area contributed by atoms with Crippen LogP contribution in [0.2, 0.25) is 0 Å². The van der Waals surface area contributed by atoms with E-state index in [2.05, 4.69) is 0 Å². The summed E-state index contributed by atoms with van der Waals surface area (Å²) in [6, 6.07) is 7.47. The lowest BCUT2D eigenvalue weighted by molar-refractivity contribution is 0.00490. The van der Waals surface area contributed by atoms with Crippen molar-refractivity contribution >= 4 is 0 Å². The van der Waals surface area contributed by atoms with Crippen LogP contribution in [0.15, 0.2) is 24.3 Å². The van der Waals surface area contributed by atoms with Gasteiger partial charge in [0.1, 0.15) is 11.9 Å². The van der Waals surface area contributed by atoms with Crippen molar-refractivity contribution in [1.82, 2.24) is 0 Å². The summed E-state index contributed by atoms with van der Waals surface area (Å²) in [5, 5.41) is 9.88. The van der Waals surface area contributed by atoms with Gasteiger partial charge < -0.3 is 14.6 Å². The van der Waals surface area contributed by atoms with Gasteiger partial charge in [-0.3, -0.25) is 0 Å². The van der Waals surface area contributed by atoms with Crippen LogP contribution in [0.1, 0.15) is 39.4 Å². The van der Waals surface area contributed by atoms with Gasteiger partial charge in [0.2, 0.25) is 0 Å². The predicted octanol–water partition coefficient (Wildman–Crippen LogP) is 2.93. The van der Waals surface area contributed by atoms with Gasteiger partial charge in [-0.1, -0.05) is 12.1 Å². The van der Waals surface area contributed by atoms with Crippen molar-refractivity contribution in [2.75, 3.05) is 6.61 Å². The molecule has 17 heavy (non-hydrogen) atoms. The SMILES string of the molecule is CC(C)OCC(O)c1ccc(OC(C)C)cc1. The van der Waals surface area contributed by atoms with E-state index in [1.165, 1.54) is 0 Å². The Bertz CT molecular complexity index is 317. The highest BCUT2D eigenvalue weighted by Gasteiger charge is 2.09. The summed E-state index contributed by atoms with van der Waals surface area (Å²) in [4.78, 5) is 0. The predicted molar refractivity (Wildman–Crippen MR) is 68.3 cm³/mol. The van der Waals surface area contributed by atoms with Crippen molar-refractivity contribution in [3.05, 3.63) is 29.8 Å². The first-order valence-corrected chi connectivity index (χ1v) is 6.05. The molecule has 0 saturated heterocycles. The van der Waals surface area contributed by atoms with E-state index in [0.29, 0.717) is 6.61 Å². The van der Waals surface area contributed by atoms with Gasteiger partial charge in [-0.05, 0) is 45.4 Å². The monoisotopic (exact) mass is 238 g/mol. The second-order valence-electron chi connectivity index (χ2n) is 4.63. The molecule has 3 heteroatoms. The van der Waals surface area contributed by atoms with E-state index in [9.17, 15) is 5.11 Å². The molecule has 0 aliphatic heterocycles. The molecule has 0 aliphatic rings. The normalized spacial score (nSPS) is 13.1. The summed E-state index contributed by atoms with van der Waals surface area (Å²) in [6.45, 7) is 8.19. The van der Waals surface area contributed by atoms with Crippen LogP contribution in [0.4, 0.5) is 0 Å². The first-order valence-electron chi connectivity index (χ1n) is 6.05. The summed E-state index contributed by atoms with van der Waals surface area (Å²) in [7, 11) is 0. The fourth-order valence-corrected chi connectivity index (χ4v) is 1.42. The average molecular weight is 238 g/mol. The van der Waals surface area contributed by atoms with E-state index in [0.717, 1.165) is 11.3 Å². The summed E-state index contributed by atoms with van der Waals surface area (Å²) < 4.78 is 10.9. The van der Waals surface area contributed by atoms with E-state index >= 15 is 0 Å². The average Bonchev–Trinajstić information content (AvgIpc) is 2.26. The van der Waals surface area contributed by atoms with Gasteiger partial charge in [-0.25, -0.2) is 0 Å². The fraction of sp³-hybridized carbons (Fsp3) is 0.571. The number of benzene rings is 1. The van der Waals surface area contributed by atoms with Crippen molar-refractivity contribution in [1.29, 1.82) is 0 Å². The summed E-state index contributed by atoms with van der Waals surface area (Å²) in [5.74, 6) is 0.820. The van der Waals surface area contributed by atoms with Gasteiger partial charge in [0.15, 0.2) is 0 Å². The molecule has 0 aliphatic carbocycles. The molecule has 1 atom stereocenters. The first kappa shape index (κ1) is 14.0. The zero-order valence-corrected chi connectivity index (χ0v) is 11.0. The van der Waals surface area contributed by atoms with Crippen molar-refractivity contribution in [2.45, 2.75) is 46.0 Å². The Morgan fingerprint density at radius 1 is 1.00 bits per heavy atom. The molecule has 0 bridgehead atoms. The number of ether oxygens (including phenoxy) is 2. The molecule has 3 nitrogen and oxygen atoms in total. The topological polar surface area (TPSA) is 38.7 Å². The highest BCUT2D eigenvalue weighted by atomic mass is 16.5. The van der Waals surface area contributed by atoms with Crippen LogP contribution in [0.5, 0.6) is 5.75 Å². The molecular formula is C14H22O3. The largest absolute Gasteiger partial charge is 0.491 e. The molecule has 1 rings (SSSR count). The minimum absolute atomic E-state index is 0.133. The maximum atomic E-state index is 9.88. The lowest BCUT2D eigenvalue weighted by Gasteiger charge is -2.15.